The highest BCUT2D eigenvalue weighted by Crippen LogP contribution is 2.32. The van der Waals surface area contributed by atoms with E-state index in [1.807, 2.05) is 18.2 Å². The number of carbonyl (C=O) groups is 1. The monoisotopic (exact) mass is 352 g/mol. The molecule has 1 aliphatic heterocycles. The van der Waals surface area contributed by atoms with Crippen LogP contribution in [-0.4, -0.2) is 25.1 Å². The van der Waals surface area contributed by atoms with Gasteiger partial charge in [-0.05, 0) is 55.5 Å². The van der Waals surface area contributed by atoms with Crippen LogP contribution < -0.4 is 15.4 Å². The predicted octanol–water partition coefficient (Wildman–Crippen LogP) is 4.12. The van der Waals surface area contributed by atoms with Gasteiger partial charge in [0.25, 0.3) is 0 Å². The molecule has 1 amide bonds. The summed E-state index contributed by atoms with van der Waals surface area (Å²) in [6, 6.07) is 16.9. The minimum absolute atomic E-state index is 0.0334. The Morgan fingerprint density at radius 1 is 1.23 bits per heavy atom. The first kappa shape index (κ1) is 18.5. The molecular formula is C22H28N2O2. The molecule has 0 fully saturated rings. The zero-order valence-electron chi connectivity index (χ0n) is 15.6. The first-order chi connectivity index (χ1) is 12.6. The summed E-state index contributed by atoms with van der Waals surface area (Å²) < 4.78 is 5.75. The van der Waals surface area contributed by atoms with Crippen LogP contribution in [0.4, 0.5) is 5.69 Å². The van der Waals surface area contributed by atoms with E-state index < -0.39 is 0 Å². The quantitative estimate of drug-likeness (QED) is 0.788. The smallest absolute Gasteiger partial charge is 0.221 e. The van der Waals surface area contributed by atoms with E-state index in [1.54, 1.807) is 0 Å². The van der Waals surface area contributed by atoms with E-state index in [4.69, 9.17) is 4.74 Å². The van der Waals surface area contributed by atoms with Crippen molar-refractivity contribution in [3.63, 3.8) is 0 Å². The summed E-state index contributed by atoms with van der Waals surface area (Å²) in [5.74, 6) is 1.52. The SMILES string of the molecule is CC(=O)Nc1cccc(CCC(C)NCC2CCOc3ccccc32)c1. The number of ether oxygens (including phenoxy) is 1. The molecule has 2 atom stereocenters. The standard InChI is InChI=1S/C22H28N2O2/c1-16(10-11-18-6-5-7-20(14-18)24-17(2)25)23-15-19-12-13-26-22-9-4-3-8-21(19)22/h3-9,14,16,19,23H,10-13,15H2,1-2H3,(H,24,25). The van der Waals surface area contributed by atoms with Crippen LogP contribution in [0, 0.1) is 0 Å². The van der Waals surface area contributed by atoms with Crippen LogP contribution >= 0.6 is 0 Å². The van der Waals surface area contributed by atoms with Gasteiger partial charge < -0.3 is 15.4 Å². The number of benzene rings is 2. The predicted molar refractivity (Wildman–Crippen MR) is 106 cm³/mol. The second-order valence-corrected chi connectivity index (χ2v) is 7.10. The van der Waals surface area contributed by atoms with Gasteiger partial charge in [-0.2, -0.15) is 0 Å². The highest BCUT2D eigenvalue weighted by molar-refractivity contribution is 5.88. The lowest BCUT2D eigenvalue weighted by Gasteiger charge is -2.27. The summed E-state index contributed by atoms with van der Waals surface area (Å²) >= 11 is 0. The van der Waals surface area contributed by atoms with Gasteiger partial charge in [0.15, 0.2) is 0 Å². The lowest BCUT2D eigenvalue weighted by atomic mass is 9.92. The third-order valence-corrected chi connectivity index (χ3v) is 4.91. The van der Waals surface area contributed by atoms with Crippen molar-refractivity contribution in [3.05, 3.63) is 59.7 Å². The molecule has 0 spiro atoms. The second kappa shape index (κ2) is 8.86. The molecule has 0 bridgehead atoms. The molecule has 0 saturated carbocycles. The number of rotatable bonds is 7. The van der Waals surface area contributed by atoms with Crippen molar-refractivity contribution in [1.29, 1.82) is 0 Å². The fraction of sp³-hybridized carbons (Fsp3) is 0.409. The average molecular weight is 352 g/mol. The average Bonchev–Trinajstić information content (AvgIpc) is 2.64. The van der Waals surface area contributed by atoms with Crippen molar-refractivity contribution >= 4 is 11.6 Å². The van der Waals surface area contributed by atoms with E-state index in [9.17, 15) is 4.79 Å². The van der Waals surface area contributed by atoms with Gasteiger partial charge in [0.05, 0.1) is 6.61 Å². The third-order valence-electron chi connectivity index (χ3n) is 4.91. The van der Waals surface area contributed by atoms with E-state index in [0.717, 1.165) is 43.9 Å². The Kier molecular flexibility index (Phi) is 6.29. The summed E-state index contributed by atoms with van der Waals surface area (Å²) in [5, 5.41) is 6.53. The molecule has 0 aromatic heterocycles. The number of para-hydroxylation sites is 1. The van der Waals surface area contributed by atoms with Gasteiger partial charge in [-0.1, -0.05) is 30.3 Å². The van der Waals surface area contributed by atoms with Crippen LogP contribution in [0.1, 0.15) is 43.7 Å². The van der Waals surface area contributed by atoms with Gasteiger partial charge in [-0.15, -0.1) is 0 Å². The van der Waals surface area contributed by atoms with Crippen LogP contribution in [0.3, 0.4) is 0 Å². The second-order valence-electron chi connectivity index (χ2n) is 7.10. The molecule has 1 heterocycles. The van der Waals surface area contributed by atoms with Crippen molar-refractivity contribution in [2.75, 3.05) is 18.5 Å². The molecule has 4 heteroatoms. The van der Waals surface area contributed by atoms with E-state index in [0.29, 0.717) is 12.0 Å². The number of hydrogen-bond donors (Lipinski definition) is 2. The number of amides is 1. The topological polar surface area (TPSA) is 50.4 Å². The Labute approximate surface area is 156 Å². The van der Waals surface area contributed by atoms with Gasteiger partial charge in [0.2, 0.25) is 5.91 Å². The minimum atomic E-state index is -0.0334. The molecule has 2 N–H and O–H groups in total. The van der Waals surface area contributed by atoms with Crippen molar-refractivity contribution in [2.24, 2.45) is 0 Å². The largest absolute Gasteiger partial charge is 0.493 e. The first-order valence-electron chi connectivity index (χ1n) is 9.43. The van der Waals surface area contributed by atoms with Gasteiger partial charge >= 0.3 is 0 Å². The van der Waals surface area contributed by atoms with Crippen LogP contribution in [0.5, 0.6) is 5.75 Å². The van der Waals surface area contributed by atoms with Gasteiger partial charge in [0.1, 0.15) is 5.75 Å². The van der Waals surface area contributed by atoms with Crippen molar-refractivity contribution in [3.8, 4) is 5.75 Å². The third kappa shape index (κ3) is 5.09. The fourth-order valence-corrected chi connectivity index (χ4v) is 3.46. The Morgan fingerprint density at radius 3 is 2.92 bits per heavy atom. The number of carbonyl (C=O) groups excluding carboxylic acids is 1. The summed E-state index contributed by atoms with van der Waals surface area (Å²) in [6.07, 6.45) is 3.12. The Balaban J connectivity index is 1.48. The summed E-state index contributed by atoms with van der Waals surface area (Å²) in [6.45, 7) is 5.55. The molecule has 0 saturated heterocycles. The van der Waals surface area contributed by atoms with Crippen LogP contribution in [-0.2, 0) is 11.2 Å². The van der Waals surface area contributed by atoms with Gasteiger partial charge in [-0.3, -0.25) is 4.79 Å². The van der Waals surface area contributed by atoms with E-state index in [-0.39, 0.29) is 5.91 Å². The molecule has 1 aliphatic rings. The summed E-state index contributed by atoms with van der Waals surface area (Å²) in [7, 11) is 0. The lowest BCUT2D eigenvalue weighted by Crippen LogP contribution is -2.32. The molecule has 0 aliphatic carbocycles. The van der Waals surface area contributed by atoms with Gasteiger partial charge in [-0.25, -0.2) is 0 Å². The summed E-state index contributed by atoms with van der Waals surface area (Å²) in [5.41, 5.74) is 3.44. The maximum atomic E-state index is 11.2. The van der Waals surface area contributed by atoms with Gasteiger partial charge in [0, 0.05) is 31.1 Å². The molecule has 3 rings (SSSR count). The van der Waals surface area contributed by atoms with Crippen LogP contribution in [0.25, 0.3) is 0 Å². The molecule has 2 aromatic carbocycles. The number of hydrogen-bond acceptors (Lipinski definition) is 3. The highest BCUT2D eigenvalue weighted by atomic mass is 16.5. The van der Waals surface area contributed by atoms with Crippen LogP contribution in [0.15, 0.2) is 48.5 Å². The molecule has 2 unspecified atom stereocenters. The Morgan fingerprint density at radius 2 is 2.08 bits per heavy atom. The molecule has 2 aromatic rings. The Bertz CT molecular complexity index is 744. The summed E-state index contributed by atoms with van der Waals surface area (Å²) in [4.78, 5) is 11.2. The van der Waals surface area contributed by atoms with Crippen molar-refractivity contribution in [2.45, 2.75) is 45.1 Å². The number of nitrogens with one attached hydrogen (secondary N) is 2. The number of anilines is 1. The molecule has 0 radical (unpaired) electrons. The minimum Gasteiger partial charge on any atom is -0.493 e. The maximum absolute atomic E-state index is 11.2. The van der Waals surface area contributed by atoms with Crippen LogP contribution in [0.2, 0.25) is 0 Å². The van der Waals surface area contributed by atoms with E-state index >= 15 is 0 Å². The molecule has 4 nitrogen and oxygen atoms in total. The Hall–Kier alpha value is -2.33. The zero-order chi connectivity index (χ0) is 18.4. The molecule has 138 valence electrons. The maximum Gasteiger partial charge on any atom is 0.221 e. The number of aryl methyl sites for hydroxylation is 1. The van der Waals surface area contributed by atoms with E-state index in [2.05, 4.69) is 47.9 Å². The molecular weight excluding hydrogens is 324 g/mol. The van der Waals surface area contributed by atoms with Crippen molar-refractivity contribution in [1.82, 2.24) is 5.32 Å². The fourth-order valence-electron chi connectivity index (χ4n) is 3.46. The normalized spacial score (nSPS) is 17.1. The lowest BCUT2D eigenvalue weighted by molar-refractivity contribution is -0.114. The highest BCUT2D eigenvalue weighted by Gasteiger charge is 2.21. The van der Waals surface area contributed by atoms with Crippen molar-refractivity contribution < 1.29 is 9.53 Å². The zero-order valence-corrected chi connectivity index (χ0v) is 15.6. The molecule has 26 heavy (non-hydrogen) atoms. The first-order valence-corrected chi connectivity index (χ1v) is 9.43. The van der Waals surface area contributed by atoms with E-state index in [1.165, 1.54) is 18.1 Å². The number of fused-ring (bicyclic) bond motifs is 1.